The average molecular weight is 255 g/mol. The Morgan fingerprint density at radius 2 is 1.89 bits per heavy atom. The smallest absolute Gasteiger partial charge is 0.0991 e. The maximum atomic E-state index is 12.2. The predicted molar refractivity (Wildman–Crippen MR) is 72.4 cm³/mol. The predicted octanol–water partition coefficient (Wildman–Crippen LogP) is 3.17. The fourth-order valence-corrected chi connectivity index (χ4v) is 2.74. The molecule has 18 heavy (non-hydrogen) atoms. The van der Waals surface area contributed by atoms with E-state index in [4.69, 9.17) is 5.26 Å². The molecule has 90 valence electrons. The third-order valence-corrected chi connectivity index (χ3v) is 4.03. The van der Waals surface area contributed by atoms with Crippen LogP contribution in [0.1, 0.15) is 16.7 Å². The molecule has 2 nitrogen and oxygen atoms in total. The van der Waals surface area contributed by atoms with Crippen molar-refractivity contribution in [1.29, 1.82) is 5.26 Å². The molecule has 0 aromatic heterocycles. The molecule has 0 aliphatic carbocycles. The minimum absolute atomic E-state index is 0.443. The Hall–Kier alpha value is -1.92. The first-order chi connectivity index (χ1) is 8.69. The highest BCUT2D eigenvalue weighted by Gasteiger charge is 2.05. The van der Waals surface area contributed by atoms with Gasteiger partial charge < -0.3 is 0 Å². The second-order valence-electron chi connectivity index (χ2n) is 4.12. The third-order valence-electron chi connectivity index (χ3n) is 2.64. The Labute approximate surface area is 109 Å². The summed E-state index contributed by atoms with van der Waals surface area (Å²) in [6, 6.07) is 17.0. The van der Waals surface area contributed by atoms with Gasteiger partial charge in [-0.25, -0.2) is 0 Å². The number of nitrogens with zero attached hydrogens (tertiary/aromatic N) is 1. The van der Waals surface area contributed by atoms with Crippen LogP contribution >= 0.6 is 0 Å². The lowest BCUT2D eigenvalue weighted by atomic mass is 10.2. The van der Waals surface area contributed by atoms with E-state index in [0.29, 0.717) is 11.3 Å². The van der Waals surface area contributed by atoms with Crippen LogP contribution < -0.4 is 0 Å². The van der Waals surface area contributed by atoms with Crippen molar-refractivity contribution in [2.75, 3.05) is 0 Å². The molecule has 0 heterocycles. The summed E-state index contributed by atoms with van der Waals surface area (Å²) in [7, 11) is -1.06. The van der Waals surface area contributed by atoms with Crippen molar-refractivity contribution in [3.05, 3.63) is 65.2 Å². The Morgan fingerprint density at radius 1 is 1.17 bits per heavy atom. The van der Waals surface area contributed by atoms with Crippen molar-refractivity contribution in [3.8, 4) is 6.07 Å². The fraction of sp³-hybridized carbons (Fsp3) is 0.133. The normalized spacial score (nSPS) is 11.8. The lowest BCUT2D eigenvalue weighted by Gasteiger charge is -2.03. The van der Waals surface area contributed by atoms with Gasteiger partial charge in [-0.15, -0.1) is 0 Å². The fourth-order valence-electron chi connectivity index (χ4n) is 1.66. The van der Waals surface area contributed by atoms with Gasteiger partial charge in [0.05, 0.1) is 28.2 Å². The standard InChI is InChI=1S/C15H13NOS/c1-12-5-7-15(8-6-12)18(17)11-14-4-2-3-13(9-14)10-16/h2-9H,11H2,1H3. The van der Waals surface area contributed by atoms with Crippen molar-refractivity contribution in [2.45, 2.75) is 17.6 Å². The molecule has 0 amide bonds. The number of nitriles is 1. The van der Waals surface area contributed by atoms with Gasteiger partial charge in [0.2, 0.25) is 0 Å². The van der Waals surface area contributed by atoms with E-state index in [1.165, 1.54) is 0 Å². The van der Waals surface area contributed by atoms with E-state index in [2.05, 4.69) is 6.07 Å². The third kappa shape index (κ3) is 3.06. The van der Waals surface area contributed by atoms with Crippen molar-refractivity contribution in [1.82, 2.24) is 0 Å². The van der Waals surface area contributed by atoms with Gasteiger partial charge in [0, 0.05) is 4.90 Å². The van der Waals surface area contributed by atoms with E-state index in [1.54, 1.807) is 12.1 Å². The van der Waals surface area contributed by atoms with Crippen LogP contribution in [0.2, 0.25) is 0 Å². The number of rotatable bonds is 3. The van der Waals surface area contributed by atoms with Crippen molar-refractivity contribution in [2.24, 2.45) is 0 Å². The van der Waals surface area contributed by atoms with Gasteiger partial charge in [-0.1, -0.05) is 29.8 Å². The summed E-state index contributed by atoms with van der Waals surface area (Å²) in [5.74, 6) is 0.443. The summed E-state index contributed by atoms with van der Waals surface area (Å²) in [4.78, 5) is 0.822. The Morgan fingerprint density at radius 3 is 2.56 bits per heavy atom. The summed E-state index contributed by atoms with van der Waals surface area (Å²) < 4.78 is 12.2. The number of hydrogen-bond acceptors (Lipinski definition) is 2. The van der Waals surface area contributed by atoms with E-state index >= 15 is 0 Å². The zero-order valence-electron chi connectivity index (χ0n) is 10.1. The monoisotopic (exact) mass is 255 g/mol. The molecule has 0 spiro atoms. The first-order valence-corrected chi connectivity index (χ1v) is 6.95. The zero-order chi connectivity index (χ0) is 13.0. The number of hydrogen-bond donors (Lipinski definition) is 0. The van der Waals surface area contributed by atoms with Gasteiger partial charge in [-0.05, 0) is 36.8 Å². The van der Waals surface area contributed by atoms with Crippen molar-refractivity contribution < 1.29 is 4.21 Å². The van der Waals surface area contributed by atoms with Crippen LogP contribution in [-0.4, -0.2) is 4.21 Å². The van der Waals surface area contributed by atoms with Crippen LogP contribution in [0.4, 0.5) is 0 Å². The zero-order valence-corrected chi connectivity index (χ0v) is 10.9. The molecule has 2 aromatic carbocycles. The maximum absolute atomic E-state index is 12.2. The van der Waals surface area contributed by atoms with Crippen LogP contribution in [0.5, 0.6) is 0 Å². The van der Waals surface area contributed by atoms with E-state index < -0.39 is 10.8 Å². The molecule has 0 N–H and O–H groups in total. The summed E-state index contributed by atoms with van der Waals surface area (Å²) in [5.41, 5.74) is 2.68. The van der Waals surface area contributed by atoms with Crippen LogP contribution in [0.15, 0.2) is 53.4 Å². The molecule has 2 aromatic rings. The largest absolute Gasteiger partial charge is 0.254 e. The quantitative estimate of drug-likeness (QED) is 0.845. The SMILES string of the molecule is Cc1ccc(S(=O)Cc2cccc(C#N)c2)cc1. The molecule has 0 saturated heterocycles. The minimum atomic E-state index is -1.06. The first-order valence-electron chi connectivity index (χ1n) is 5.63. The van der Waals surface area contributed by atoms with Gasteiger partial charge in [0.15, 0.2) is 0 Å². The first kappa shape index (κ1) is 12.5. The highest BCUT2D eigenvalue weighted by molar-refractivity contribution is 7.84. The van der Waals surface area contributed by atoms with Crippen LogP contribution in [0, 0.1) is 18.3 Å². The summed E-state index contributed by atoms with van der Waals surface area (Å²) in [5, 5.41) is 8.82. The van der Waals surface area contributed by atoms with Gasteiger partial charge in [0.1, 0.15) is 0 Å². The van der Waals surface area contributed by atoms with Gasteiger partial charge in [-0.3, -0.25) is 4.21 Å². The number of aryl methyl sites for hydroxylation is 1. The van der Waals surface area contributed by atoms with Gasteiger partial charge in [0.25, 0.3) is 0 Å². The molecule has 1 unspecified atom stereocenters. The summed E-state index contributed by atoms with van der Waals surface area (Å²) >= 11 is 0. The molecule has 0 saturated carbocycles. The molecule has 0 bridgehead atoms. The van der Waals surface area contributed by atoms with E-state index in [1.807, 2.05) is 43.3 Å². The molecule has 3 heteroatoms. The Bertz CT molecular complexity index is 611. The molecule has 0 fully saturated rings. The molecule has 0 aliphatic rings. The topological polar surface area (TPSA) is 40.9 Å². The number of benzene rings is 2. The molecule has 0 radical (unpaired) electrons. The van der Waals surface area contributed by atoms with E-state index in [9.17, 15) is 4.21 Å². The molecule has 2 rings (SSSR count). The molecule has 0 aliphatic heterocycles. The van der Waals surface area contributed by atoms with Crippen LogP contribution in [0.3, 0.4) is 0 Å². The van der Waals surface area contributed by atoms with Crippen LogP contribution in [0.25, 0.3) is 0 Å². The average Bonchev–Trinajstić information content (AvgIpc) is 2.39. The highest BCUT2D eigenvalue weighted by Crippen LogP contribution is 2.14. The highest BCUT2D eigenvalue weighted by atomic mass is 32.2. The lowest BCUT2D eigenvalue weighted by molar-refractivity contribution is 0.682. The molecular weight excluding hydrogens is 242 g/mol. The Balaban J connectivity index is 2.16. The summed E-state index contributed by atoms with van der Waals surface area (Å²) in [6.45, 7) is 2.00. The van der Waals surface area contributed by atoms with Gasteiger partial charge in [-0.2, -0.15) is 5.26 Å². The van der Waals surface area contributed by atoms with Crippen molar-refractivity contribution >= 4 is 10.8 Å². The van der Waals surface area contributed by atoms with Crippen molar-refractivity contribution in [3.63, 3.8) is 0 Å². The van der Waals surface area contributed by atoms with E-state index in [0.717, 1.165) is 16.0 Å². The maximum Gasteiger partial charge on any atom is 0.0991 e. The summed E-state index contributed by atoms with van der Waals surface area (Å²) in [6.07, 6.45) is 0. The van der Waals surface area contributed by atoms with Crippen LogP contribution in [-0.2, 0) is 16.6 Å². The Kier molecular flexibility index (Phi) is 3.91. The molecule has 1 atom stereocenters. The molecular formula is C15H13NOS. The lowest BCUT2D eigenvalue weighted by Crippen LogP contribution is -1.96. The minimum Gasteiger partial charge on any atom is -0.254 e. The second kappa shape index (κ2) is 5.61. The van der Waals surface area contributed by atoms with Gasteiger partial charge >= 0.3 is 0 Å². The second-order valence-corrected chi connectivity index (χ2v) is 5.57. The van der Waals surface area contributed by atoms with E-state index in [-0.39, 0.29) is 0 Å².